The number of hydrogen-bond acceptors (Lipinski definition) is 2. The van der Waals surface area contributed by atoms with Gasteiger partial charge in [0.2, 0.25) is 0 Å². The highest BCUT2D eigenvalue weighted by molar-refractivity contribution is 6.29. The zero-order valence-corrected chi connectivity index (χ0v) is 10.2. The lowest BCUT2D eigenvalue weighted by molar-refractivity contribution is 0.686. The number of hydrogen-bond donors (Lipinski definition) is 0. The maximum atomic E-state index is 5.74. The van der Waals surface area contributed by atoms with Gasteiger partial charge in [-0.15, -0.1) is 10.2 Å². The molecule has 0 unspecified atom stereocenters. The van der Waals surface area contributed by atoms with Crippen LogP contribution in [0.1, 0.15) is 24.0 Å². The molecule has 0 radical (unpaired) electrons. The summed E-state index contributed by atoms with van der Waals surface area (Å²) in [5.41, 5.74) is 4.98. The van der Waals surface area contributed by atoms with E-state index in [9.17, 15) is 0 Å². The normalized spacial score (nSPS) is 14.4. The molecule has 0 saturated carbocycles. The molecule has 2 nitrogen and oxygen atoms in total. The van der Waals surface area contributed by atoms with E-state index < -0.39 is 0 Å². The van der Waals surface area contributed by atoms with E-state index in [1.54, 1.807) is 6.07 Å². The predicted molar refractivity (Wildman–Crippen MR) is 69.1 cm³/mol. The summed E-state index contributed by atoms with van der Waals surface area (Å²) in [5, 5.41) is 8.44. The minimum Gasteiger partial charge on any atom is -0.149 e. The summed E-state index contributed by atoms with van der Waals surface area (Å²) in [7, 11) is 0. The zero-order valence-electron chi connectivity index (χ0n) is 9.49. The van der Waals surface area contributed by atoms with Gasteiger partial charge in [-0.2, -0.15) is 0 Å². The third-order valence-corrected chi connectivity index (χ3v) is 3.48. The van der Waals surface area contributed by atoms with Crippen LogP contribution in [-0.4, -0.2) is 10.2 Å². The maximum Gasteiger partial charge on any atom is 0.151 e. The summed E-state index contributed by atoms with van der Waals surface area (Å²) in [4.78, 5) is 0. The van der Waals surface area contributed by atoms with Crippen molar-refractivity contribution in [1.82, 2.24) is 10.2 Å². The van der Waals surface area contributed by atoms with Gasteiger partial charge in [0.15, 0.2) is 5.15 Å². The smallest absolute Gasteiger partial charge is 0.149 e. The minimum absolute atomic E-state index is 0.437. The Morgan fingerprint density at radius 2 is 1.71 bits per heavy atom. The second-order valence-corrected chi connectivity index (χ2v) is 4.82. The van der Waals surface area contributed by atoms with Crippen molar-refractivity contribution < 1.29 is 0 Å². The van der Waals surface area contributed by atoms with Crippen LogP contribution >= 0.6 is 11.6 Å². The van der Waals surface area contributed by atoms with E-state index in [0.717, 1.165) is 11.3 Å². The molecule has 3 heteroatoms. The van der Waals surface area contributed by atoms with E-state index in [1.807, 2.05) is 6.07 Å². The van der Waals surface area contributed by atoms with Gasteiger partial charge in [0.25, 0.3) is 0 Å². The van der Waals surface area contributed by atoms with Gasteiger partial charge in [-0.1, -0.05) is 23.7 Å². The Morgan fingerprint density at radius 1 is 0.882 bits per heavy atom. The highest BCUT2D eigenvalue weighted by atomic mass is 35.5. The molecule has 0 aliphatic heterocycles. The summed E-state index contributed by atoms with van der Waals surface area (Å²) in [6, 6.07) is 10.3. The Balaban J connectivity index is 2.01. The van der Waals surface area contributed by atoms with Crippen molar-refractivity contribution in [3.63, 3.8) is 0 Å². The molecule has 0 saturated heterocycles. The van der Waals surface area contributed by atoms with Crippen LogP contribution < -0.4 is 0 Å². The van der Waals surface area contributed by atoms with E-state index in [0.29, 0.717) is 5.15 Å². The molecule has 0 spiro atoms. The first kappa shape index (κ1) is 10.7. The molecule has 3 rings (SSSR count). The molecule has 1 aromatic heterocycles. The monoisotopic (exact) mass is 244 g/mol. The van der Waals surface area contributed by atoms with Crippen LogP contribution in [-0.2, 0) is 12.8 Å². The molecule has 86 valence electrons. The lowest BCUT2D eigenvalue weighted by Gasteiger charge is -2.16. The van der Waals surface area contributed by atoms with Crippen molar-refractivity contribution in [2.75, 3.05) is 0 Å². The summed E-state index contributed by atoms with van der Waals surface area (Å²) >= 11 is 5.74. The van der Waals surface area contributed by atoms with Crippen molar-refractivity contribution in [2.45, 2.75) is 25.7 Å². The van der Waals surface area contributed by atoms with Crippen molar-refractivity contribution in [3.05, 3.63) is 46.6 Å². The molecule has 1 aliphatic rings. The van der Waals surface area contributed by atoms with Crippen LogP contribution in [0.4, 0.5) is 0 Å². The number of rotatable bonds is 1. The number of fused-ring (bicyclic) bond motifs is 1. The average molecular weight is 245 g/mol. The molecule has 17 heavy (non-hydrogen) atoms. The fraction of sp³-hybridized carbons (Fsp3) is 0.286. The van der Waals surface area contributed by atoms with Crippen molar-refractivity contribution in [1.29, 1.82) is 0 Å². The van der Waals surface area contributed by atoms with Crippen molar-refractivity contribution in [3.8, 4) is 11.3 Å². The number of aryl methyl sites for hydroxylation is 2. The first-order valence-corrected chi connectivity index (χ1v) is 6.32. The molecule has 0 N–H and O–H groups in total. The standard InChI is InChI=1S/C14H13ClN2/c15-14-8-7-13(16-17-14)12-6-5-10-3-1-2-4-11(10)9-12/h5-9H,1-4H2. The van der Waals surface area contributed by atoms with Crippen LogP contribution in [0.15, 0.2) is 30.3 Å². The molecule has 0 amide bonds. The van der Waals surface area contributed by atoms with Gasteiger partial charge in [-0.05, 0) is 55.0 Å². The number of aromatic nitrogens is 2. The van der Waals surface area contributed by atoms with Gasteiger partial charge in [0.05, 0.1) is 5.69 Å². The first-order valence-electron chi connectivity index (χ1n) is 5.94. The minimum atomic E-state index is 0.437. The van der Waals surface area contributed by atoms with E-state index in [-0.39, 0.29) is 0 Å². The van der Waals surface area contributed by atoms with Gasteiger partial charge in [-0.25, -0.2) is 0 Å². The van der Waals surface area contributed by atoms with E-state index in [1.165, 1.54) is 36.8 Å². The number of benzene rings is 1. The van der Waals surface area contributed by atoms with Crippen LogP contribution in [0.5, 0.6) is 0 Å². The Morgan fingerprint density at radius 3 is 2.47 bits per heavy atom. The van der Waals surface area contributed by atoms with Gasteiger partial charge in [0.1, 0.15) is 0 Å². The lowest BCUT2D eigenvalue weighted by atomic mass is 9.90. The van der Waals surface area contributed by atoms with E-state index in [4.69, 9.17) is 11.6 Å². The Hall–Kier alpha value is -1.41. The highest BCUT2D eigenvalue weighted by Crippen LogP contribution is 2.26. The fourth-order valence-electron chi connectivity index (χ4n) is 2.36. The van der Waals surface area contributed by atoms with Crippen LogP contribution in [0.2, 0.25) is 5.15 Å². The van der Waals surface area contributed by atoms with Gasteiger partial charge in [0, 0.05) is 5.56 Å². The average Bonchev–Trinajstić information content (AvgIpc) is 2.39. The zero-order chi connectivity index (χ0) is 11.7. The largest absolute Gasteiger partial charge is 0.151 e. The second-order valence-electron chi connectivity index (χ2n) is 4.43. The second kappa shape index (κ2) is 4.46. The Kier molecular flexibility index (Phi) is 2.81. The molecule has 1 aliphatic carbocycles. The van der Waals surface area contributed by atoms with E-state index >= 15 is 0 Å². The molecule has 1 aromatic carbocycles. The van der Waals surface area contributed by atoms with Gasteiger partial charge < -0.3 is 0 Å². The number of halogens is 1. The molecule has 0 bridgehead atoms. The van der Waals surface area contributed by atoms with Crippen LogP contribution in [0.25, 0.3) is 11.3 Å². The van der Waals surface area contributed by atoms with Crippen LogP contribution in [0, 0.1) is 0 Å². The topological polar surface area (TPSA) is 25.8 Å². The predicted octanol–water partition coefficient (Wildman–Crippen LogP) is 3.68. The maximum absolute atomic E-state index is 5.74. The summed E-state index contributed by atoms with van der Waals surface area (Å²) < 4.78 is 0. The quantitative estimate of drug-likeness (QED) is 0.765. The van der Waals surface area contributed by atoms with Gasteiger partial charge >= 0.3 is 0 Å². The fourth-order valence-corrected chi connectivity index (χ4v) is 2.46. The molecular formula is C14H13ClN2. The lowest BCUT2D eigenvalue weighted by Crippen LogP contribution is -2.02. The van der Waals surface area contributed by atoms with E-state index in [2.05, 4.69) is 28.4 Å². The Bertz CT molecular complexity index is 534. The molecule has 0 atom stereocenters. The highest BCUT2D eigenvalue weighted by Gasteiger charge is 2.10. The number of nitrogens with zero attached hydrogens (tertiary/aromatic N) is 2. The third-order valence-electron chi connectivity index (χ3n) is 3.28. The SMILES string of the molecule is Clc1ccc(-c2ccc3c(c2)CCCC3)nn1. The summed E-state index contributed by atoms with van der Waals surface area (Å²) in [6.07, 6.45) is 5.00. The van der Waals surface area contributed by atoms with Crippen LogP contribution in [0.3, 0.4) is 0 Å². The Labute approximate surface area is 106 Å². The molecule has 1 heterocycles. The summed E-state index contributed by atoms with van der Waals surface area (Å²) in [5.74, 6) is 0. The van der Waals surface area contributed by atoms with Gasteiger partial charge in [-0.3, -0.25) is 0 Å². The van der Waals surface area contributed by atoms with Crippen molar-refractivity contribution >= 4 is 11.6 Å². The summed E-state index contributed by atoms with van der Waals surface area (Å²) in [6.45, 7) is 0. The first-order chi connectivity index (χ1) is 8.33. The third kappa shape index (κ3) is 2.18. The molecule has 0 fully saturated rings. The molecular weight excluding hydrogens is 232 g/mol. The molecule has 2 aromatic rings. The van der Waals surface area contributed by atoms with Crippen molar-refractivity contribution in [2.24, 2.45) is 0 Å².